The highest BCUT2D eigenvalue weighted by molar-refractivity contribution is 8.00. The molecule has 0 spiro atoms. The number of thioether (sulfide) groups is 1. The number of nitrogens with one attached hydrogen (secondary N) is 1. The van der Waals surface area contributed by atoms with Crippen molar-refractivity contribution in [2.75, 3.05) is 26.5 Å². The van der Waals surface area contributed by atoms with Gasteiger partial charge in [-0.3, -0.25) is 0 Å². The number of hydrogen-bond acceptors (Lipinski definition) is 4. The lowest BCUT2D eigenvalue weighted by atomic mass is 10.1. The maximum Gasteiger partial charge on any atom is 0.165 e. The molecular weight excluding hydrogens is 258 g/mol. The highest BCUT2D eigenvalue weighted by Gasteiger charge is 2.28. The zero-order chi connectivity index (χ0) is 13.7. The summed E-state index contributed by atoms with van der Waals surface area (Å²) in [5, 5.41) is 3.55. The lowest BCUT2D eigenvalue weighted by molar-refractivity contribution is 0.350. The van der Waals surface area contributed by atoms with Crippen LogP contribution in [-0.4, -0.2) is 31.3 Å². The lowest BCUT2D eigenvalue weighted by Gasteiger charge is -2.23. The van der Waals surface area contributed by atoms with Crippen LogP contribution in [0.15, 0.2) is 18.2 Å². The molecule has 1 saturated heterocycles. The molecule has 1 aromatic rings. The quantitative estimate of drug-likeness (QED) is 0.868. The largest absolute Gasteiger partial charge is 0.493 e. The van der Waals surface area contributed by atoms with Crippen LogP contribution in [0.5, 0.6) is 11.5 Å². The van der Waals surface area contributed by atoms with E-state index in [1.807, 2.05) is 12.1 Å². The fraction of sp³-hybridized carbons (Fsp3) is 0.600. The van der Waals surface area contributed by atoms with Gasteiger partial charge in [-0.2, -0.15) is 11.8 Å². The lowest BCUT2D eigenvalue weighted by Crippen LogP contribution is -2.32. The summed E-state index contributed by atoms with van der Waals surface area (Å²) in [6.45, 7) is 4.20. The van der Waals surface area contributed by atoms with E-state index in [0.29, 0.717) is 4.75 Å². The Bertz CT molecular complexity index is 417. The van der Waals surface area contributed by atoms with Crippen molar-refractivity contribution in [1.29, 1.82) is 0 Å². The van der Waals surface area contributed by atoms with Gasteiger partial charge in [0.15, 0.2) is 11.5 Å². The third-order valence-corrected chi connectivity index (χ3v) is 5.14. The molecule has 2 rings (SSSR count). The van der Waals surface area contributed by atoms with E-state index in [2.05, 4.69) is 30.1 Å². The Morgan fingerprint density at radius 2 is 2.16 bits per heavy atom. The third-order valence-electron chi connectivity index (χ3n) is 3.60. The second kappa shape index (κ2) is 6.53. The van der Waals surface area contributed by atoms with Gasteiger partial charge in [-0.15, -0.1) is 0 Å². The highest BCUT2D eigenvalue weighted by atomic mass is 32.2. The van der Waals surface area contributed by atoms with E-state index >= 15 is 0 Å². The highest BCUT2D eigenvalue weighted by Crippen LogP contribution is 2.37. The predicted octanol–water partition coefficient (Wildman–Crippen LogP) is 3.08. The molecule has 0 amide bonds. The Balaban J connectivity index is 1.95. The van der Waals surface area contributed by atoms with Crippen LogP contribution in [0.1, 0.15) is 25.3 Å². The minimum atomic E-state index is 0.395. The molecule has 0 bridgehead atoms. The Kier molecular flexibility index (Phi) is 4.99. The summed E-state index contributed by atoms with van der Waals surface area (Å²) in [5.41, 5.74) is 1.15. The van der Waals surface area contributed by atoms with Crippen LogP contribution >= 0.6 is 11.8 Å². The molecule has 19 heavy (non-hydrogen) atoms. The Morgan fingerprint density at radius 3 is 2.79 bits per heavy atom. The fourth-order valence-electron chi connectivity index (χ4n) is 2.53. The fourth-order valence-corrected chi connectivity index (χ4v) is 3.81. The van der Waals surface area contributed by atoms with Crippen LogP contribution in [0, 0.1) is 0 Å². The van der Waals surface area contributed by atoms with E-state index in [1.54, 1.807) is 14.2 Å². The van der Waals surface area contributed by atoms with Crippen molar-refractivity contribution >= 4 is 11.8 Å². The molecule has 4 heteroatoms. The monoisotopic (exact) mass is 281 g/mol. The molecule has 3 nitrogen and oxygen atoms in total. The summed E-state index contributed by atoms with van der Waals surface area (Å²) in [7, 11) is 3.36. The van der Waals surface area contributed by atoms with E-state index in [9.17, 15) is 0 Å². The predicted molar refractivity (Wildman–Crippen MR) is 81.3 cm³/mol. The molecule has 1 aliphatic rings. The number of benzene rings is 1. The van der Waals surface area contributed by atoms with E-state index in [0.717, 1.165) is 30.2 Å². The van der Waals surface area contributed by atoms with Gasteiger partial charge in [0.25, 0.3) is 0 Å². The molecule has 1 aromatic carbocycles. The standard InChI is InChI=1S/C15H23NO2S/c1-15(8-5-9-19-15)11-16-10-12-6-4-7-13(17-2)14(12)18-3/h4,6-7,16H,5,8-11H2,1-3H3. The zero-order valence-corrected chi connectivity index (χ0v) is 12.8. The van der Waals surface area contributed by atoms with Crippen molar-refractivity contribution in [3.8, 4) is 11.5 Å². The molecule has 0 saturated carbocycles. The molecule has 1 aliphatic heterocycles. The van der Waals surface area contributed by atoms with Crippen LogP contribution in [0.2, 0.25) is 0 Å². The summed E-state index contributed by atoms with van der Waals surface area (Å²) in [4.78, 5) is 0. The maximum absolute atomic E-state index is 5.44. The minimum absolute atomic E-state index is 0.395. The van der Waals surface area contributed by atoms with Gasteiger partial charge in [0.1, 0.15) is 0 Å². The number of ether oxygens (including phenoxy) is 2. The van der Waals surface area contributed by atoms with Gasteiger partial charge in [0.2, 0.25) is 0 Å². The Morgan fingerprint density at radius 1 is 1.32 bits per heavy atom. The van der Waals surface area contributed by atoms with Crippen molar-refractivity contribution < 1.29 is 9.47 Å². The van der Waals surface area contributed by atoms with Crippen LogP contribution in [0.4, 0.5) is 0 Å². The summed E-state index contributed by atoms with van der Waals surface area (Å²) in [6, 6.07) is 6.01. The Hall–Kier alpha value is -0.870. The van der Waals surface area contributed by atoms with Crippen molar-refractivity contribution in [3.05, 3.63) is 23.8 Å². The van der Waals surface area contributed by atoms with Crippen LogP contribution in [-0.2, 0) is 6.54 Å². The van der Waals surface area contributed by atoms with Gasteiger partial charge < -0.3 is 14.8 Å². The molecule has 1 unspecified atom stereocenters. The summed E-state index contributed by atoms with van der Waals surface area (Å²) >= 11 is 2.08. The van der Waals surface area contributed by atoms with Gasteiger partial charge in [0.05, 0.1) is 14.2 Å². The molecule has 1 atom stereocenters. The molecule has 106 valence electrons. The van der Waals surface area contributed by atoms with Crippen LogP contribution in [0.25, 0.3) is 0 Å². The second-order valence-electron chi connectivity index (χ2n) is 5.16. The number of rotatable bonds is 6. The topological polar surface area (TPSA) is 30.5 Å². The van der Waals surface area contributed by atoms with Crippen molar-refractivity contribution in [1.82, 2.24) is 5.32 Å². The summed E-state index contributed by atoms with van der Waals surface area (Å²) in [6.07, 6.45) is 2.64. The van der Waals surface area contributed by atoms with Gasteiger partial charge in [-0.25, -0.2) is 0 Å². The first-order valence-electron chi connectivity index (χ1n) is 6.73. The summed E-state index contributed by atoms with van der Waals surface area (Å²) < 4.78 is 11.2. The van der Waals surface area contributed by atoms with E-state index in [-0.39, 0.29) is 0 Å². The molecular formula is C15H23NO2S. The van der Waals surface area contributed by atoms with Crippen molar-refractivity contribution in [2.24, 2.45) is 0 Å². The van der Waals surface area contributed by atoms with Gasteiger partial charge >= 0.3 is 0 Å². The van der Waals surface area contributed by atoms with E-state index in [1.165, 1.54) is 18.6 Å². The second-order valence-corrected chi connectivity index (χ2v) is 6.84. The van der Waals surface area contributed by atoms with Gasteiger partial charge in [0, 0.05) is 23.4 Å². The number of hydrogen-bond donors (Lipinski definition) is 1. The third kappa shape index (κ3) is 3.57. The maximum atomic E-state index is 5.44. The molecule has 0 radical (unpaired) electrons. The molecule has 0 aliphatic carbocycles. The summed E-state index contributed by atoms with van der Waals surface area (Å²) in [5.74, 6) is 2.92. The molecule has 1 heterocycles. The van der Waals surface area contributed by atoms with Crippen molar-refractivity contribution in [2.45, 2.75) is 31.1 Å². The Labute approximate surface area is 120 Å². The smallest absolute Gasteiger partial charge is 0.165 e. The van der Waals surface area contributed by atoms with Crippen LogP contribution in [0.3, 0.4) is 0 Å². The zero-order valence-electron chi connectivity index (χ0n) is 12.0. The first-order valence-corrected chi connectivity index (χ1v) is 7.71. The van der Waals surface area contributed by atoms with Gasteiger partial charge in [-0.1, -0.05) is 12.1 Å². The average molecular weight is 281 g/mol. The molecule has 0 aromatic heterocycles. The molecule has 1 fully saturated rings. The van der Waals surface area contributed by atoms with Gasteiger partial charge in [-0.05, 0) is 31.6 Å². The average Bonchev–Trinajstić information content (AvgIpc) is 2.85. The SMILES string of the molecule is COc1cccc(CNCC2(C)CCCS2)c1OC. The van der Waals surface area contributed by atoms with E-state index in [4.69, 9.17) is 9.47 Å². The minimum Gasteiger partial charge on any atom is -0.493 e. The molecule has 1 N–H and O–H groups in total. The van der Waals surface area contributed by atoms with E-state index < -0.39 is 0 Å². The number of para-hydroxylation sites is 1. The normalized spacial score (nSPS) is 22.5. The van der Waals surface area contributed by atoms with Crippen molar-refractivity contribution in [3.63, 3.8) is 0 Å². The first kappa shape index (κ1) is 14.5. The van der Waals surface area contributed by atoms with Crippen LogP contribution < -0.4 is 14.8 Å². The first-order chi connectivity index (χ1) is 9.18. The number of methoxy groups -OCH3 is 2.